The summed E-state index contributed by atoms with van der Waals surface area (Å²) in [6, 6.07) is 6.18. The second-order valence-corrected chi connectivity index (χ2v) is 4.32. The number of rotatable bonds is 2. The van der Waals surface area contributed by atoms with Gasteiger partial charge in [-0.05, 0) is 30.7 Å². The van der Waals surface area contributed by atoms with Crippen LogP contribution in [-0.2, 0) is 0 Å². The number of aromatic nitrogens is 3. The van der Waals surface area contributed by atoms with Gasteiger partial charge in [0.1, 0.15) is 5.82 Å². The van der Waals surface area contributed by atoms with Gasteiger partial charge in [-0.15, -0.1) is 0 Å². The van der Waals surface area contributed by atoms with E-state index < -0.39 is 5.82 Å². The molecule has 0 amide bonds. The standard InChI is InChI=1S/C14H11FN4O/c1-8-7-17-6-5-9(8)13-18-14(20-19-13)12-10(15)3-2-4-11(12)16/h2-7H,16H2,1H3. The predicted molar refractivity (Wildman–Crippen MR) is 72.1 cm³/mol. The largest absolute Gasteiger partial charge is 0.398 e. The molecule has 0 saturated heterocycles. The Morgan fingerprint density at radius 2 is 2.10 bits per heavy atom. The third kappa shape index (κ3) is 2.01. The maximum Gasteiger partial charge on any atom is 0.263 e. The van der Waals surface area contributed by atoms with Crippen LogP contribution in [0.4, 0.5) is 10.1 Å². The molecule has 0 radical (unpaired) electrons. The van der Waals surface area contributed by atoms with Gasteiger partial charge in [-0.25, -0.2) is 4.39 Å². The Kier molecular flexibility index (Phi) is 2.90. The van der Waals surface area contributed by atoms with Crippen LogP contribution in [0.3, 0.4) is 0 Å². The zero-order valence-corrected chi connectivity index (χ0v) is 10.7. The van der Waals surface area contributed by atoms with Gasteiger partial charge in [-0.3, -0.25) is 4.98 Å². The first-order chi connectivity index (χ1) is 9.66. The summed E-state index contributed by atoms with van der Waals surface area (Å²) in [5.74, 6) is -0.0546. The van der Waals surface area contributed by atoms with Crippen molar-refractivity contribution in [1.82, 2.24) is 15.1 Å². The van der Waals surface area contributed by atoms with E-state index in [1.54, 1.807) is 24.5 Å². The maximum absolute atomic E-state index is 13.8. The van der Waals surface area contributed by atoms with Crippen molar-refractivity contribution in [3.8, 4) is 22.8 Å². The molecule has 5 nitrogen and oxygen atoms in total. The van der Waals surface area contributed by atoms with Crippen LogP contribution in [0.15, 0.2) is 41.2 Å². The molecule has 3 aromatic rings. The number of anilines is 1. The number of aryl methyl sites for hydroxylation is 1. The Bertz CT molecular complexity index is 749. The first kappa shape index (κ1) is 12.3. The fourth-order valence-corrected chi connectivity index (χ4v) is 1.93. The predicted octanol–water partition coefficient (Wildman–Crippen LogP) is 2.83. The zero-order chi connectivity index (χ0) is 14.1. The normalized spacial score (nSPS) is 10.7. The lowest BCUT2D eigenvalue weighted by Gasteiger charge is -2.01. The summed E-state index contributed by atoms with van der Waals surface area (Å²) in [5, 5.41) is 3.87. The molecule has 0 saturated carbocycles. The van der Waals surface area contributed by atoms with Crippen molar-refractivity contribution in [2.45, 2.75) is 6.92 Å². The van der Waals surface area contributed by atoms with Gasteiger partial charge in [0.2, 0.25) is 5.82 Å². The molecule has 0 aliphatic carbocycles. The van der Waals surface area contributed by atoms with Crippen molar-refractivity contribution in [1.29, 1.82) is 0 Å². The molecule has 0 fully saturated rings. The molecule has 0 bridgehead atoms. The molecule has 100 valence electrons. The second kappa shape index (κ2) is 4.73. The smallest absolute Gasteiger partial charge is 0.263 e. The average molecular weight is 270 g/mol. The SMILES string of the molecule is Cc1cnccc1-c1noc(-c2c(N)cccc2F)n1. The lowest BCUT2D eigenvalue weighted by molar-refractivity contribution is 0.430. The van der Waals surface area contributed by atoms with E-state index in [0.29, 0.717) is 5.82 Å². The molecule has 0 aliphatic rings. The van der Waals surface area contributed by atoms with Crippen molar-refractivity contribution in [3.05, 3.63) is 48.0 Å². The van der Waals surface area contributed by atoms with Crippen LogP contribution in [0, 0.1) is 12.7 Å². The van der Waals surface area contributed by atoms with Crippen LogP contribution in [-0.4, -0.2) is 15.1 Å². The van der Waals surface area contributed by atoms with Gasteiger partial charge in [-0.2, -0.15) is 4.98 Å². The Balaban J connectivity index is 2.10. The fourth-order valence-electron chi connectivity index (χ4n) is 1.93. The number of pyridine rings is 1. The number of halogens is 1. The monoisotopic (exact) mass is 270 g/mol. The number of nitrogen functional groups attached to an aromatic ring is 1. The second-order valence-electron chi connectivity index (χ2n) is 4.32. The average Bonchev–Trinajstić information content (AvgIpc) is 2.88. The highest BCUT2D eigenvalue weighted by atomic mass is 19.1. The van der Waals surface area contributed by atoms with E-state index in [9.17, 15) is 4.39 Å². The summed E-state index contributed by atoms with van der Waals surface area (Å²) < 4.78 is 18.9. The molecule has 0 aliphatic heterocycles. The molecule has 0 spiro atoms. The molecule has 20 heavy (non-hydrogen) atoms. The Hall–Kier alpha value is -2.76. The van der Waals surface area contributed by atoms with Gasteiger partial charge in [-0.1, -0.05) is 11.2 Å². The zero-order valence-electron chi connectivity index (χ0n) is 10.7. The van der Waals surface area contributed by atoms with Gasteiger partial charge in [0.15, 0.2) is 0 Å². The summed E-state index contributed by atoms with van der Waals surface area (Å²) >= 11 is 0. The highest BCUT2D eigenvalue weighted by Gasteiger charge is 2.17. The van der Waals surface area contributed by atoms with E-state index in [0.717, 1.165) is 11.1 Å². The molecule has 6 heteroatoms. The van der Waals surface area contributed by atoms with Crippen LogP contribution in [0.1, 0.15) is 5.56 Å². The quantitative estimate of drug-likeness (QED) is 0.724. The number of hydrogen-bond donors (Lipinski definition) is 1. The first-order valence-electron chi connectivity index (χ1n) is 5.96. The minimum atomic E-state index is -0.494. The fraction of sp³-hybridized carbons (Fsp3) is 0.0714. The van der Waals surface area contributed by atoms with E-state index in [2.05, 4.69) is 15.1 Å². The van der Waals surface area contributed by atoms with Crippen LogP contribution in [0.25, 0.3) is 22.8 Å². The number of hydrogen-bond acceptors (Lipinski definition) is 5. The Morgan fingerprint density at radius 1 is 1.25 bits per heavy atom. The van der Waals surface area contributed by atoms with Crippen LogP contribution in [0.2, 0.25) is 0 Å². The molecule has 2 aromatic heterocycles. The minimum Gasteiger partial charge on any atom is -0.398 e. The van der Waals surface area contributed by atoms with E-state index in [1.165, 1.54) is 12.1 Å². The van der Waals surface area contributed by atoms with E-state index in [1.807, 2.05) is 6.92 Å². The molecule has 3 rings (SSSR count). The molecular formula is C14H11FN4O. The lowest BCUT2D eigenvalue weighted by atomic mass is 10.1. The van der Waals surface area contributed by atoms with Gasteiger partial charge in [0.05, 0.1) is 5.56 Å². The minimum absolute atomic E-state index is 0.0619. The molecule has 0 unspecified atom stereocenters. The number of nitrogens with zero attached hydrogens (tertiary/aromatic N) is 3. The molecule has 2 N–H and O–H groups in total. The van der Waals surface area contributed by atoms with Crippen molar-refractivity contribution in [2.75, 3.05) is 5.73 Å². The van der Waals surface area contributed by atoms with Gasteiger partial charge >= 0.3 is 0 Å². The summed E-state index contributed by atoms with van der Waals surface area (Å²) in [6.45, 7) is 1.88. The highest BCUT2D eigenvalue weighted by molar-refractivity contribution is 5.72. The van der Waals surface area contributed by atoms with Crippen LogP contribution in [0.5, 0.6) is 0 Å². The molecule has 0 atom stereocenters. The molecule has 2 heterocycles. The molecular weight excluding hydrogens is 259 g/mol. The third-order valence-corrected chi connectivity index (χ3v) is 2.95. The van der Waals surface area contributed by atoms with Gasteiger partial charge in [0, 0.05) is 23.6 Å². The van der Waals surface area contributed by atoms with Crippen molar-refractivity contribution in [3.63, 3.8) is 0 Å². The summed E-state index contributed by atoms with van der Waals surface area (Å²) in [7, 11) is 0. The lowest BCUT2D eigenvalue weighted by Crippen LogP contribution is -1.93. The maximum atomic E-state index is 13.8. The van der Waals surface area contributed by atoms with Crippen LogP contribution < -0.4 is 5.73 Å². The van der Waals surface area contributed by atoms with Crippen LogP contribution >= 0.6 is 0 Å². The number of benzene rings is 1. The number of nitrogens with two attached hydrogens (primary N) is 1. The van der Waals surface area contributed by atoms with Gasteiger partial charge < -0.3 is 10.3 Å². The molecule has 1 aromatic carbocycles. The Morgan fingerprint density at radius 3 is 2.85 bits per heavy atom. The first-order valence-corrected chi connectivity index (χ1v) is 5.96. The summed E-state index contributed by atoms with van der Waals surface area (Å²) in [6.07, 6.45) is 3.33. The van der Waals surface area contributed by atoms with Crippen molar-refractivity contribution >= 4 is 5.69 Å². The van der Waals surface area contributed by atoms with Crippen molar-refractivity contribution in [2.24, 2.45) is 0 Å². The third-order valence-electron chi connectivity index (χ3n) is 2.95. The van der Waals surface area contributed by atoms with E-state index >= 15 is 0 Å². The topological polar surface area (TPSA) is 77.8 Å². The van der Waals surface area contributed by atoms with E-state index in [-0.39, 0.29) is 17.1 Å². The van der Waals surface area contributed by atoms with Gasteiger partial charge in [0.25, 0.3) is 5.89 Å². The summed E-state index contributed by atoms with van der Waals surface area (Å²) in [4.78, 5) is 8.21. The summed E-state index contributed by atoms with van der Waals surface area (Å²) in [5.41, 5.74) is 7.82. The van der Waals surface area contributed by atoms with E-state index in [4.69, 9.17) is 10.3 Å². The highest BCUT2D eigenvalue weighted by Crippen LogP contribution is 2.29. The Labute approximate surface area is 114 Å². The van der Waals surface area contributed by atoms with Crippen molar-refractivity contribution < 1.29 is 8.91 Å².